The lowest BCUT2D eigenvalue weighted by Crippen LogP contribution is -2.15. The van der Waals surface area contributed by atoms with Crippen LogP contribution < -0.4 is 5.56 Å². The second-order valence-corrected chi connectivity index (χ2v) is 4.00. The van der Waals surface area contributed by atoms with Gasteiger partial charge < -0.3 is 4.98 Å². The molecule has 0 spiro atoms. The Morgan fingerprint density at radius 3 is 2.39 bits per heavy atom. The van der Waals surface area contributed by atoms with Crippen LogP contribution in [0.3, 0.4) is 0 Å². The topological polar surface area (TPSA) is 45.8 Å². The van der Waals surface area contributed by atoms with Gasteiger partial charge in [0.1, 0.15) is 17.5 Å². The maximum Gasteiger partial charge on any atom is 0.254 e. The van der Waals surface area contributed by atoms with Gasteiger partial charge >= 0.3 is 0 Å². The Kier molecular flexibility index (Phi) is 3.23. The standard InChI is InChI=1S/C13H12F2N2O/c1-3-11-7(2)13(18)17-12(16-11)8-4-9(14)6-10(15)5-8/h4-6H,3H2,1-2H3,(H,16,17,18). The Balaban J connectivity index is 2.64. The van der Waals surface area contributed by atoms with Crippen LogP contribution in [-0.2, 0) is 6.42 Å². The molecule has 0 amide bonds. The highest BCUT2D eigenvalue weighted by Crippen LogP contribution is 2.18. The Morgan fingerprint density at radius 2 is 1.83 bits per heavy atom. The minimum Gasteiger partial charge on any atom is -0.306 e. The van der Waals surface area contributed by atoms with E-state index in [2.05, 4.69) is 9.97 Å². The molecule has 0 saturated heterocycles. The zero-order valence-corrected chi connectivity index (χ0v) is 10.1. The molecule has 1 N–H and O–H groups in total. The SMILES string of the molecule is CCc1nc(-c2cc(F)cc(F)c2)[nH]c(=O)c1C. The maximum absolute atomic E-state index is 13.1. The third-order valence-electron chi connectivity index (χ3n) is 2.72. The van der Waals surface area contributed by atoms with Crippen LogP contribution in [0.15, 0.2) is 23.0 Å². The summed E-state index contributed by atoms with van der Waals surface area (Å²) in [5.41, 5.74) is 1.08. The number of benzene rings is 1. The third kappa shape index (κ3) is 2.30. The van der Waals surface area contributed by atoms with Crippen LogP contribution in [0.4, 0.5) is 8.78 Å². The highest BCUT2D eigenvalue weighted by atomic mass is 19.1. The molecule has 0 fully saturated rings. The first-order valence-electron chi connectivity index (χ1n) is 5.57. The minimum absolute atomic E-state index is 0.181. The average molecular weight is 250 g/mol. The van der Waals surface area contributed by atoms with Gasteiger partial charge in [-0.1, -0.05) is 6.92 Å². The van der Waals surface area contributed by atoms with Gasteiger partial charge in [0.25, 0.3) is 5.56 Å². The number of aromatic amines is 1. The van der Waals surface area contributed by atoms with Crippen molar-refractivity contribution in [2.24, 2.45) is 0 Å². The second-order valence-electron chi connectivity index (χ2n) is 4.00. The molecule has 2 aromatic rings. The number of halogens is 2. The van der Waals surface area contributed by atoms with Gasteiger partial charge in [-0.05, 0) is 25.5 Å². The lowest BCUT2D eigenvalue weighted by atomic mass is 10.1. The van der Waals surface area contributed by atoms with Crippen LogP contribution >= 0.6 is 0 Å². The molecular weight excluding hydrogens is 238 g/mol. The van der Waals surface area contributed by atoms with Crippen LogP contribution in [0.25, 0.3) is 11.4 Å². The molecule has 1 aromatic carbocycles. The van der Waals surface area contributed by atoms with Gasteiger partial charge in [0, 0.05) is 17.2 Å². The quantitative estimate of drug-likeness (QED) is 0.890. The normalized spacial score (nSPS) is 10.7. The molecule has 0 unspecified atom stereocenters. The molecule has 0 radical (unpaired) electrons. The number of H-pyrrole nitrogens is 1. The summed E-state index contributed by atoms with van der Waals surface area (Å²) in [5, 5.41) is 0. The highest BCUT2D eigenvalue weighted by Gasteiger charge is 2.09. The molecule has 0 aliphatic rings. The van der Waals surface area contributed by atoms with Crippen molar-refractivity contribution >= 4 is 0 Å². The number of hydrogen-bond donors (Lipinski definition) is 1. The first kappa shape index (κ1) is 12.4. The number of rotatable bonds is 2. The van der Waals surface area contributed by atoms with E-state index in [1.165, 1.54) is 0 Å². The molecule has 0 saturated carbocycles. The van der Waals surface area contributed by atoms with Crippen LogP contribution in [0.5, 0.6) is 0 Å². The van der Waals surface area contributed by atoms with Crippen molar-refractivity contribution in [2.75, 3.05) is 0 Å². The second kappa shape index (κ2) is 4.68. The van der Waals surface area contributed by atoms with Crippen molar-refractivity contribution in [1.29, 1.82) is 0 Å². The molecule has 1 aromatic heterocycles. The fourth-order valence-corrected chi connectivity index (χ4v) is 1.75. The van der Waals surface area contributed by atoms with Gasteiger partial charge in [-0.3, -0.25) is 4.79 Å². The van der Waals surface area contributed by atoms with Gasteiger partial charge in [-0.25, -0.2) is 13.8 Å². The maximum atomic E-state index is 13.1. The summed E-state index contributed by atoms with van der Waals surface area (Å²) in [6.07, 6.45) is 0.584. The van der Waals surface area contributed by atoms with Gasteiger partial charge in [0.05, 0.1) is 5.69 Å². The molecular formula is C13H12F2N2O. The van der Waals surface area contributed by atoms with Crippen molar-refractivity contribution in [3.63, 3.8) is 0 Å². The van der Waals surface area contributed by atoms with E-state index in [1.54, 1.807) is 6.92 Å². The van der Waals surface area contributed by atoms with Crippen molar-refractivity contribution in [3.8, 4) is 11.4 Å². The van der Waals surface area contributed by atoms with E-state index in [4.69, 9.17) is 0 Å². The molecule has 0 atom stereocenters. The number of nitrogens with zero attached hydrogens (tertiary/aromatic N) is 1. The largest absolute Gasteiger partial charge is 0.306 e. The Labute approximate surface area is 103 Å². The van der Waals surface area contributed by atoms with E-state index >= 15 is 0 Å². The van der Waals surface area contributed by atoms with E-state index < -0.39 is 11.6 Å². The number of aromatic nitrogens is 2. The van der Waals surface area contributed by atoms with Crippen molar-refractivity contribution in [2.45, 2.75) is 20.3 Å². The first-order valence-corrected chi connectivity index (χ1v) is 5.57. The summed E-state index contributed by atoms with van der Waals surface area (Å²) >= 11 is 0. The lowest BCUT2D eigenvalue weighted by molar-refractivity contribution is 0.584. The molecule has 3 nitrogen and oxygen atoms in total. The first-order chi connectivity index (χ1) is 8.51. The summed E-state index contributed by atoms with van der Waals surface area (Å²) in [7, 11) is 0. The molecule has 5 heteroatoms. The Bertz CT molecular complexity index is 630. The van der Waals surface area contributed by atoms with E-state index in [0.29, 0.717) is 17.7 Å². The summed E-state index contributed by atoms with van der Waals surface area (Å²) in [6, 6.07) is 3.04. The fourth-order valence-electron chi connectivity index (χ4n) is 1.75. The molecule has 18 heavy (non-hydrogen) atoms. The van der Waals surface area contributed by atoms with Gasteiger partial charge in [0.2, 0.25) is 0 Å². The fraction of sp³-hybridized carbons (Fsp3) is 0.231. The summed E-state index contributed by atoms with van der Waals surface area (Å²) < 4.78 is 26.2. The van der Waals surface area contributed by atoms with E-state index in [9.17, 15) is 13.6 Å². The predicted molar refractivity (Wildman–Crippen MR) is 64.3 cm³/mol. The Morgan fingerprint density at radius 1 is 1.22 bits per heavy atom. The van der Waals surface area contributed by atoms with Crippen molar-refractivity contribution in [1.82, 2.24) is 9.97 Å². The monoisotopic (exact) mass is 250 g/mol. The number of nitrogens with one attached hydrogen (secondary N) is 1. The number of aryl methyl sites for hydroxylation is 1. The third-order valence-corrected chi connectivity index (χ3v) is 2.72. The molecule has 2 rings (SSSR count). The zero-order valence-electron chi connectivity index (χ0n) is 10.1. The van der Waals surface area contributed by atoms with Gasteiger partial charge in [-0.2, -0.15) is 0 Å². The molecule has 0 bridgehead atoms. The van der Waals surface area contributed by atoms with Gasteiger partial charge in [0.15, 0.2) is 0 Å². The summed E-state index contributed by atoms with van der Waals surface area (Å²) in [5.74, 6) is -1.22. The van der Waals surface area contributed by atoms with E-state index in [0.717, 1.165) is 18.2 Å². The van der Waals surface area contributed by atoms with Crippen LogP contribution in [0.2, 0.25) is 0 Å². The highest BCUT2D eigenvalue weighted by molar-refractivity contribution is 5.55. The van der Waals surface area contributed by atoms with Crippen molar-refractivity contribution < 1.29 is 8.78 Å². The predicted octanol–water partition coefficient (Wildman–Crippen LogP) is 2.59. The zero-order chi connectivity index (χ0) is 13.3. The van der Waals surface area contributed by atoms with Gasteiger partial charge in [-0.15, -0.1) is 0 Å². The molecule has 94 valence electrons. The van der Waals surface area contributed by atoms with Crippen LogP contribution in [0, 0.1) is 18.6 Å². The summed E-state index contributed by atoms with van der Waals surface area (Å²) in [4.78, 5) is 18.4. The van der Waals surface area contributed by atoms with E-state index in [1.807, 2.05) is 6.92 Å². The minimum atomic E-state index is -0.703. The number of hydrogen-bond acceptors (Lipinski definition) is 2. The molecule has 0 aliphatic heterocycles. The van der Waals surface area contributed by atoms with Crippen LogP contribution in [-0.4, -0.2) is 9.97 Å². The van der Waals surface area contributed by atoms with Crippen molar-refractivity contribution in [3.05, 3.63) is 51.4 Å². The van der Waals surface area contributed by atoms with E-state index in [-0.39, 0.29) is 16.9 Å². The summed E-state index contributed by atoms with van der Waals surface area (Å²) in [6.45, 7) is 3.53. The van der Waals surface area contributed by atoms with Crippen LogP contribution in [0.1, 0.15) is 18.2 Å². The Hall–Kier alpha value is -2.04. The molecule has 0 aliphatic carbocycles. The molecule has 1 heterocycles. The lowest BCUT2D eigenvalue weighted by Gasteiger charge is -2.06. The average Bonchev–Trinajstić information content (AvgIpc) is 2.31. The smallest absolute Gasteiger partial charge is 0.254 e.